The molecule has 0 aliphatic carbocycles. The minimum Gasteiger partial charge on any atom is -0.339 e. The second-order valence-electron chi connectivity index (χ2n) is 4.67. The lowest BCUT2D eigenvalue weighted by Gasteiger charge is -2.09. The molecular formula is C15H13ClN2OS. The van der Waals surface area contributed by atoms with Gasteiger partial charge in [-0.3, -0.25) is 4.79 Å². The molecule has 1 N–H and O–H groups in total. The van der Waals surface area contributed by atoms with Gasteiger partial charge >= 0.3 is 0 Å². The van der Waals surface area contributed by atoms with Gasteiger partial charge in [0.15, 0.2) is 0 Å². The van der Waals surface area contributed by atoms with Gasteiger partial charge in [0, 0.05) is 17.8 Å². The van der Waals surface area contributed by atoms with Crippen molar-refractivity contribution in [3.8, 4) is 0 Å². The molecule has 0 atom stereocenters. The van der Waals surface area contributed by atoms with Crippen LogP contribution in [0.5, 0.6) is 0 Å². The number of nitrogens with zero attached hydrogens (tertiary/aromatic N) is 1. The van der Waals surface area contributed by atoms with Crippen LogP contribution in [0, 0.1) is 6.92 Å². The second kappa shape index (κ2) is 4.96. The number of aromatic nitrogens is 1. The first-order chi connectivity index (χ1) is 9.56. The van der Waals surface area contributed by atoms with Gasteiger partial charge in [-0.15, -0.1) is 11.3 Å². The monoisotopic (exact) mass is 304 g/mol. The van der Waals surface area contributed by atoms with E-state index in [4.69, 9.17) is 11.6 Å². The van der Waals surface area contributed by atoms with E-state index >= 15 is 0 Å². The van der Waals surface area contributed by atoms with Crippen LogP contribution in [0.3, 0.4) is 0 Å². The van der Waals surface area contributed by atoms with E-state index in [2.05, 4.69) is 5.32 Å². The van der Waals surface area contributed by atoms with Crippen LogP contribution in [0.1, 0.15) is 16.1 Å². The molecule has 0 fully saturated rings. The van der Waals surface area contributed by atoms with Gasteiger partial charge in [0.05, 0.1) is 10.2 Å². The Balaban J connectivity index is 1.94. The van der Waals surface area contributed by atoms with E-state index in [0.29, 0.717) is 10.7 Å². The summed E-state index contributed by atoms with van der Waals surface area (Å²) in [7, 11) is 1.90. The zero-order valence-electron chi connectivity index (χ0n) is 11.1. The Kier molecular flexibility index (Phi) is 3.28. The standard InChI is InChI=1S/C15H13ClN2OS/c1-9-3-4-10(16)7-11(9)17-15(19)13-8-14-12(18(13)2)5-6-20-14/h3-8H,1-2H3,(H,17,19). The maximum absolute atomic E-state index is 12.4. The highest BCUT2D eigenvalue weighted by Crippen LogP contribution is 2.26. The van der Waals surface area contributed by atoms with Crippen LogP contribution < -0.4 is 5.32 Å². The van der Waals surface area contributed by atoms with Crippen LogP contribution in [0.25, 0.3) is 10.2 Å². The average molecular weight is 305 g/mol. The minimum absolute atomic E-state index is 0.124. The lowest BCUT2D eigenvalue weighted by atomic mass is 10.2. The van der Waals surface area contributed by atoms with Crippen LogP contribution in [-0.4, -0.2) is 10.5 Å². The summed E-state index contributed by atoms with van der Waals surface area (Å²) < 4.78 is 3.02. The molecular weight excluding hydrogens is 292 g/mol. The maximum Gasteiger partial charge on any atom is 0.272 e. The summed E-state index contributed by atoms with van der Waals surface area (Å²) in [5, 5.41) is 5.55. The van der Waals surface area contributed by atoms with Crippen molar-refractivity contribution in [2.24, 2.45) is 7.05 Å². The topological polar surface area (TPSA) is 34.0 Å². The number of benzene rings is 1. The Bertz CT molecular complexity index is 803. The third-order valence-corrected chi connectivity index (χ3v) is 4.43. The minimum atomic E-state index is -0.124. The van der Waals surface area contributed by atoms with Crippen LogP contribution in [0.15, 0.2) is 35.7 Å². The van der Waals surface area contributed by atoms with E-state index in [-0.39, 0.29) is 5.91 Å². The third-order valence-electron chi connectivity index (χ3n) is 3.34. The molecule has 0 saturated heterocycles. The van der Waals surface area contributed by atoms with Gasteiger partial charge in [-0.2, -0.15) is 0 Å². The van der Waals surface area contributed by atoms with Gasteiger partial charge in [-0.25, -0.2) is 0 Å². The molecule has 5 heteroatoms. The predicted octanol–water partition coefficient (Wildman–Crippen LogP) is 4.45. The number of carbonyl (C=O) groups is 1. The highest BCUT2D eigenvalue weighted by Gasteiger charge is 2.15. The summed E-state index contributed by atoms with van der Waals surface area (Å²) in [6.07, 6.45) is 0. The zero-order chi connectivity index (χ0) is 14.3. The summed E-state index contributed by atoms with van der Waals surface area (Å²) in [4.78, 5) is 12.4. The van der Waals surface area contributed by atoms with Gasteiger partial charge in [-0.1, -0.05) is 17.7 Å². The van der Waals surface area contributed by atoms with Gasteiger partial charge in [0.1, 0.15) is 5.69 Å². The fourth-order valence-corrected chi connectivity index (χ4v) is 3.20. The normalized spacial score (nSPS) is 10.9. The number of hydrogen-bond donors (Lipinski definition) is 1. The Morgan fingerprint density at radius 2 is 2.10 bits per heavy atom. The fraction of sp³-hybridized carbons (Fsp3) is 0.133. The molecule has 20 heavy (non-hydrogen) atoms. The number of amides is 1. The van der Waals surface area contributed by atoms with Crippen molar-refractivity contribution in [2.45, 2.75) is 6.92 Å². The number of anilines is 1. The first-order valence-electron chi connectivity index (χ1n) is 6.16. The van der Waals surface area contributed by atoms with Crippen LogP contribution in [0.4, 0.5) is 5.69 Å². The van der Waals surface area contributed by atoms with Crippen LogP contribution >= 0.6 is 22.9 Å². The van der Waals surface area contributed by atoms with E-state index in [1.807, 2.05) is 48.2 Å². The number of hydrogen-bond acceptors (Lipinski definition) is 2. The van der Waals surface area contributed by atoms with E-state index in [0.717, 1.165) is 21.5 Å². The van der Waals surface area contributed by atoms with Gasteiger partial charge in [0.2, 0.25) is 0 Å². The Labute approximate surface area is 125 Å². The second-order valence-corrected chi connectivity index (χ2v) is 6.06. The summed E-state index contributed by atoms with van der Waals surface area (Å²) in [6.45, 7) is 1.94. The van der Waals surface area contributed by atoms with Crippen molar-refractivity contribution in [2.75, 3.05) is 5.32 Å². The molecule has 3 rings (SSSR count). The van der Waals surface area contributed by atoms with Crippen molar-refractivity contribution in [3.05, 3.63) is 52.0 Å². The third kappa shape index (κ3) is 2.21. The summed E-state index contributed by atoms with van der Waals surface area (Å²) in [5.41, 5.74) is 3.44. The molecule has 3 aromatic rings. The SMILES string of the molecule is Cc1ccc(Cl)cc1NC(=O)c1cc2sccc2n1C. The molecule has 0 aliphatic heterocycles. The highest BCUT2D eigenvalue weighted by atomic mass is 35.5. The van der Waals surface area contributed by atoms with E-state index in [9.17, 15) is 4.79 Å². The number of carbonyl (C=O) groups excluding carboxylic acids is 1. The van der Waals surface area contributed by atoms with Crippen molar-refractivity contribution in [1.29, 1.82) is 0 Å². The average Bonchev–Trinajstić information content (AvgIpc) is 2.97. The molecule has 0 unspecified atom stereocenters. The van der Waals surface area contributed by atoms with Crippen molar-refractivity contribution in [3.63, 3.8) is 0 Å². The Hall–Kier alpha value is -1.78. The number of halogens is 1. The highest BCUT2D eigenvalue weighted by molar-refractivity contribution is 7.17. The van der Waals surface area contributed by atoms with E-state index < -0.39 is 0 Å². The first kappa shape index (κ1) is 13.2. The fourth-order valence-electron chi connectivity index (χ4n) is 2.18. The predicted molar refractivity (Wildman–Crippen MR) is 84.9 cm³/mol. The number of rotatable bonds is 2. The number of fused-ring (bicyclic) bond motifs is 1. The molecule has 0 radical (unpaired) electrons. The van der Waals surface area contributed by atoms with Gasteiger partial charge < -0.3 is 9.88 Å². The summed E-state index contributed by atoms with van der Waals surface area (Å²) >= 11 is 7.60. The lowest BCUT2D eigenvalue weighted by molar-refractivity contribution is 0.101. The molecule has 0 bridgehead atoms. The quantitative estimate of drug-likeness (QED) is 0.745. The smallest absolute Gasteiger partial charge is 0.272 e. The van der Waals surface area contributed by atoms with E-state index in [1.54, 1.807) is 17.4 Å². The van der Waals surface area contributed by atoms with Crippen molar-refractivity contribution in [1.82, 2.24) is 4.57 Å². The molecule has 0 spiro atoms. The van der Waals surface area contributed by atoms with Crippen LogP contribution in [-0.2, 0) is 7.05 Å². The molecule has 102 valence electrons. The molecule has 3 nitrogen and oxygen atoms in total. The lowest BCUT2D eigenvalue weighted by Crippen LogP contribution is -2.16. The molecule has 0 aliphatic rings. The Morgan fingerprint density at radius 1 is 1.30 bits per heavy atom. The van der Waals surface area contributed by atoms with E-state index in [1.165, 1.54) is 0 Å². The first-order valence-corrected chi connectivity index (χ1v) is 7.42. The van der Waals surface area contributed by atoms with Crippen LogP contribution in [0.2, 0.25) is 5.02 Å². The number of aryl methyl sites for hydroxylation is 2. The van der Waals surface area contributed by atoms with Crippen molar-refractivity contribution < 1.29 is 4.79 Å². The zero-order valence-corrected chi connectivity index (χ0v) is 12.7. The molecule has 2 aromatic heterocycles. The molecule has 0 saturated carbocycles. The Morgan fingerprint density at radius 3 is 2.85 bits per heavy atom. The largest absolute Gasteiger partial charge is 0.339 e. The number of thiophene rings is 1. The molecule has 1 amide bonds. The van der Waals surface area contributed by atoms with Crippen molar-refractivity contribution >= 4 is 44.7 Å². The summed E-state index contributed by atoms with van der Waals surface area (Å²) in [6, 6.07) is 9.39. The maximum atomic E-state index is 12.4. The number of nitrogens with one attached hydrogen (secondary N) is 1. The van der Waals surface area contributed by atoms with Gasteiger partial charge in [0.25, 0.3) is 5.91 Å². The van der Waals surface area contributed by atoms with Gasteiger partial charge in [-0.05, 0) is 42.1 Å². The summed E-state index contributed by atoms with van der Waals surface area (Å²) in [5.74, 6) is -0.124. The molecule has 2 heterocycles. The molecule has 1 aromatic carbocycles.